The molecule has 2 aromatic carbocycles. The molecule has 1 N–H and O–H groups in total. The predicted molar refractivity (Wildman–Crippen MR) is 105 cm³/mol. The zero-order chi connectivity index (χ0) is 18.8. The molecule has 0 unspecified atom stereocenters. The van der Waals surface area contributed by atoms with Gasteiger partial charge in [0.15, 0.2) is 0 Å². The van der Waals surface area contributed by atoms with Crippen molar-refractivity contribution >= 4 is 22.6 Å². The molecule has 2 aromatic heterocycles. The summed E-state index contributed by atoms with van der Waals surface area (Å²) < 4.78 is 7.24. The molecule has 0 fully saturated rings. The molecule has 0 spiro atoms. The van der Waals surface area contributed by atoms with E-state index in [1.165, 1.54) is 6.26 Å². The van der Waals surface area contributed by atoms with Crippen LogP contribution in [0.5, 0.6) is 0 Å². The average molecular weight is 360 g/mol. The van der Waals surface area contributed by atoms with Crippen LogP contribution in [0.25, 0.3) is 22.3 Å². The van der Waals surface area contributed by atoms with Gasteiger partial charge in [-0.15, -0.1) is 0 Å². The van der Waals surface area contributed by atoms with Crippen molar-refractivity contribution in [2.75, 3.05) is 5.32 Å². The van der Waals surface area contributed by atoms with Crippen LogP contribution in [0.1, 0.15) is 29.5 Å². The van der Waals surface area contributed by atoms with Crippen LogP contribution in [0.15, 0.2) is 59.3 Å². The van der Waals surface area contributed by atoms with Gasteiger partial charge in [-0.2, -0.15) is 0 Å². The molecule has 0 radical (unpaired) electrons. The molecule has 0 saturated carbocycles. The number of anilines is 1. The number of benzene rings is 2. The van der Waals surface area contributed by atoms with Crippen LogP contribution >= 0.6 is 0 Å². The molecule has 4 aromatic rings. The summed E-state index contributed by atoms with van der Waals surface area (Å²) >= 11 is 0. The Labute approximate surface area is 156 Å². The summed E-state index contributed by atoms with van der Waals surface area (Å²) in [5.41, 5.74) is 4.38. The first-order valence-corrected chi connectivity index (χ1v) is 8.95. The number of hydrogen-bond donors (Lipinski definition) is 1. The Balaban J connectivity index is 1.62. The summed E-state index contributed by atoms with van der Waals surface area (Å²) in [4.78, 5) is 17.4. The van der Waals surface area contributed by atoms with Crippen molar-refractivity contribution < 1.29 is 9.32 Å². The van der Waals surface area contributed by atoms with Gasteiger partial charge in [0.1, 0.15) is 23.3 Å². The Bertz CT molecular complexity index is 1100. The van der Waals surface area contributed by atoms with E-state index in [2.05, 4.69) is 26.9 Å². The highest BCUT2D eigenvalue weighted by Crippen LogP contribution is 2.24. The van der Waals surface area contributed by atoms with Gasteiger partial charge < -0.3 is 14.4 Å². The van der Waals surface area contributed by atoms with E-state index in [1.807, 2.05) is 55.5 Å². The van der Waals surface area contributed by atoms with Gasteiger partial charge in [0.2, 0.25) is 0 Å². The van der Waals surface area contributed by atoms with Gasteiger partial charge in [-0.25, -0.2) is 4.98 Å². The van der Waals surface area contributed by atoms with E-state index in [0.29, 0.717) is 16.9 Å². The zero-order valence-electron chi connectivity index (χ0n) is 15.3. The maximum absolute atomic E-state index is 12.7. The topological polar surface area (TPSA) is 73.0 Å². The van der Waals surface area contributed by atoms with E-state index >= 15 is 0 Å². The number of imidazole rings is 1. The van der Waals surface area contributed by atoms with E-state index in [4.69, 9.17) is 4.52 Å². The molecule has 2 heterocycles. The van der Waals surface area contributed by atoms with Crippen molar-refractivity contribution in [3.05, 3.63) is 66.2 Å². The lowest BCUT2D eigenvalue weighted by Crippen LogP contribution is -2.12. The Morgan fingerprint density at radius 2 is 2.00 bits per heavy atom. The molecule has 0 aliphatic carbocycles. The first-order chi connectivity index (χ1) is 13.2. The van der Waals surface area contributed by atoms with E-state index in [9.17, 15) is 4.79 Å². The molecule has 0 aliphatic rings. The van der Waals surface area contributed by atoms with Crippen molar-refractivity contribution in [3.8, 4) is 11.3 Å². The summed E-state index contributed by atoms with van der Waals surface area (Å²) in [5, 5.41) is 6.90. The second kappa shape index (κ2) is 7.07. The molecule has 1 amide bonds. The predicted octanol–water partition coefficient (Wildman–Crippen LogP) is 4.66. The summed E-state index contributed by atoms with van der Waals surface area (Å²) in [6.45, 7) is 5.06. The number of fused-ring (bicyclic) bond motifs is 1. The number of carbonyl (C=O) groups is 1. The number of amides is 1. The van der Waals surface area contributed by atoms with Crippen molar-refractivity contribution in [3.63, 3.8) is 0 Å². The summed E-state index contributed by atoms with van der Waals surface area (Å²) in [5.74, 6) is 0.708. The third kappa shape index (κ3) is 3.21. The number of carbonyl (C=O) groups excluding carboxylic acids is 1. The normalized spacial score (nSPS) is 11.0. The fraction of sp³-hybridized carbons (Fsp3) is 0.190. The average Bonchev–Trinajstić information content (AvgIpc) is 3.28. The fourth-order valence-corrected chi connectivity index (χ4v) is 3.23. The van der Waals surface area contributed by atoms with Crippen LogP contribution in [-0.4, -0.2) is 20.6 Å². The quantitative estimate of drug-likeness (QED) is 0.562. The standard InChI is InChI=1S/C21H20N4O2/c1-3-11-25-14(2)22-18-12-16(9-10-19(18)25)23-21(26)17-13-27-24-20(17)15-7-5-4-6-8-15/h4-10,12-13H,3,11H2,1-2H3,(H,23,26). The molecular formula is C21H20N4O2. The summed E-state index contributed by atoms with van der Waals surface area (Å²) in [6.07, 6.45) is 2.41. The lowest BCUT2D eigenvalue weighted by molar-refractivity contribution is 0.102. The Morgan fingerprint density at radius 3 is 2.78 bits per heavy atom. The van der Waals surface area contributed by atoms with Crippen molar-refractivity contribution in [2.24, 2.45) is 0 Å². The van der Waals surface area contributed by atoms with Crippen molar-refractivity contribution in [2.45, 2.75) is 26.8 Å². The summed E-state index contributed by atoms with van der Waals surface area (Å²) in [7, 11) is 0. The van der Waals surface area contributed by atoms with Crippen LogP contribution in [0, 0.1) is 6.92 Å². The van der Waals surface area contributed by atoms with E-state index < -0.39 is 0 Å². The van der Waals surface area contributed by atoms with Gasteiger partial charge in [-0.3, -0.25) is 4.79 Å². The highest BCUT2D eigenvalue weighted by molar-refractivity contribution is 6.08. The molecule has 27 heavy (non-hydrogen) atoms. The van der Waals surface area contributed by atoms with E-state index in [0.717, 1.165) is 35.4 Å². The zero-order valence-corrected chi connectivity index (χ0v) is 15.3. The van der Waals surface area contributed by atoms with E-state index in [1.54, 1.807) is 0 Å². The number of aryl methyl sites for hydroxylation is 2. The maximum Gasteiger partial charge on any atom is 0.261 e. The molecule has 4 rings (SSSR count). The molecule has 0 saturated heterocycles. The molecule has 0 aliphatic heterocycles. The number of hydrogen-bond acceptors (Lipinski definition) is 4. The van der Waals surface area contributed by atoms with Crippen LogP contribution in [0.4, 0.5) is 5.69 Å². The number of nitrogens with one attached hydrogen (secondary N) is 1. The first kappa shape index (κ1) is 17.0. The largest absolute Gasteiger partial charge is 0.363 e. The highest BCUT2D eigenvalue weighted by atomic mass is 16.5. The van der Waals surface area contributed by atoms with Gasteiger partial charge >= 0.3 is 0 Å². The van der Waals surface area contributed by atoms with Gasteiger partial charge in [0.25, 0.3) is 5.91 Å². The third-order valence-electron chi connectivity index (χ3n) is 4.51. The van der Waals surface area contributed by atoms with Crippen molar-refractivity contribution in [1.29, 1.82) is 0 Å². The second-order valence-corrected chi connectivity index (χ2v) is 6.41. The molecule has 0 bridgehead atoms. The van der Waals surface area contributed by atoms with Crippen LogP contribution < -0.4 is 5.32 Å². The van der Waals surface area contributed by atoms with Crippen LogP contribution in [0.2, 0.25) is 0 Å². The minimum Gasteiger partial charge on any atom is -0.363 e. The molecule has 6 heteroatoms. The summed E-state index contributed by atoms with van der Waals surface area (Å²) in [6, 6.07) is 15.3. The number of aromatic nitrogens is 3. The van der Waals surface area contributed by atoms with Crippen LogP contribution in [0.3, 0.4) is 0 Å². The molecule has 6 nitrogen and oxygen atoms in total. The minimum absolute atomic E-state index is 0.265. The van der Waals surface area contributed by atoms with Gasteiger partial charge in [-0.05, 0) is 31.5 Å². The first-order valence-electron chi connectivity index (χ1n) is 8.95. The maximum atomic E-state index is 12.7. The number of rotatable bonds is 5. The fourth-order valence-electron chi connectivity index (χ4n) is 3.23. The monoisotopic (exact) mass is 360 g/mol. The van der Waals surface area contributed by atoms with Crippen molar-refractivity contribution in [1.82, 2.24) is 14.7 Å². The lowest BCUT2D eigenvalue weighted by atomic mass is 10.1. The highest BCUT2D eigenvalue weighted by Gasteiger charge is 2.18. The second-order valence-electron chi connectivity index (χ2n) is 6.41. The van der Waals surface area contributed by atoms with Gasteiger partial charge in [0.05, 0.1) is 11.0 Å². The molecule has 0 atom stereocenters. The number of nitrogens with zero attached hydrogens (tertiary/aromatic N) is 3. The Morgan fingerprint density at radius 1 is 1.19 bits per heavy atom. The van der Waals surface area contributed by atoms with Gasteiger partial charge in [0, 0.05) is 17.8 Å². The van der Waals surface area contributed by atoms with Crippen LogP contribution in [-0.2, 0) is 6.54 Å². The third-order valence-corrected chi connectivity index (χ3v) is 4.51. The van der Waals surface area contributed by atoms with Gasteiger partial charge in [-0.1, -0.05) is 42.4 Å². The van der Waals surface area contributed by atoms with E-state index in [-0.39, 0.29) is 5.91 Å². The molecule has 136 valence electrons. The Kier molecular flexibility index (Phi) is 4.46. The minimum atomic E-state index is -0.265. The lowest BCUT2D eigenvalue weighted by Gasteiger charge is -2.07. The Hall–Kier alpha value is -3.41. The molecular weight excluding hydrogens is 340 g/mol. The smallest absolute Gasteiger partial charge is 0.261 e. The SMILES string of the molecule is CCCn1c(C)nc2cc(NC(=O)c3conc3-c3ccccc3)ccc21.